The summed E-state index contributed by atoms with van der Waals surface area (Å²) in [5.41, 5.74) is 0.416. The van der Waals surface area contributed by atoms with Crippen molar-refractivity contribution >= 4 is 22.6 Å². The molecule has 6 heteroatoms. The van der Waals surface area contributed by atoms with Gasteiger partial charge in [-0.25, -0.2) is 9.80 Å². The van der Waals surface area contributed by atoms with Crippen molar-refractivity contribution in [1.29, 1.82) is 0 Å². The Hall–Kier alpha value is -2.44. The summed E-state index contributed by atoms with van der Waals surface area (Å²) >= 11 is 0. The third kappa shape index (κ3) is 3.39. The molecule has 2 rings (SSSR count). The van der Waals surface area contributed by atoms with E-state index in [0.29, 0.717) is 18.7 Å². The first-order valence-electron chi connectivity index (χ1n) is 7.94. The Bertz CT molecular complexity index is 723. The lowest BCUT2D eigenvalue weighted by Crippen LogP contribution is -2.56. The number of aliphatic carboxylic acids is 1. The predicted octanol–water partition coefficient (Wildman–Crippen LogP) is 1.98. The first-order valence-corrected chi connectivity index (χ1v) is 7.94. The molecule has 0 heterocycles. The third-order valence-corrected chi connectivity index (χ3v) is 4.02. The van der Waals surface area contributed by atoms with Crippen LogP contribution in [0.1, 0.15) is 24.2 Å². The summed E-state index contributed by atoms with van der Waals surface area (Å²) in [7, 11) is 0. The van der Waals surface area contributed by atoms with E-state index in [9.17, 15) is 19.8 Å². The number of benzene rings is 2. The number of fused-ring (bicyclic) bond motifs is 1. The van der Waals surface area contributed by atoms with Gasteiger partial charge in [0, 0.05) is 18.7 Å². The Morgan fingerprint density at radius 2 is 1.67 bits per heavy atom. The number of carboxylic acid groups (broad SMARTS) is 1. The van der Waals surface area contributed by atoms with Gasteiger partial charge in [-0.3, -0.25) is 9.80 Å². The molecule has 2 N–H and O–H groups in total. The van der Waals surface area contributed by atoms with Crippen molar-refractivity contribution < 1.29 is 19.8 Å². The topological polar surface area (TPSA) is 81.1 Å². The van der Waals surface area contributed by atoms with Gasteiger partial charge in [-0.05, 0) is 16.8 Å². The summed E-state index contributed by atoms with van der Waals surface area (Å²) in [5, 5.41) is 23.4. The second kappa shape index (κ2) is 7.90. The molecule has 0 aromatic heterocycles. The molecule has 0 saturated carbocycles. The maximum Gasteiger partial charge on any atom is 0.330 e. The van der Waals surface area contributed by atoms with Crippen molar-refractivity contribution in [2.45, 2.75) is 19.9 Å². The number of hydrogen-bond donors (Lipinski definition) is 2. The van der Waals surface area contributed by atoms with E-state index >= 15 is 0 Å². The van der Waals surface area contributed by atoms with Crippen LogP contribution in [-0.2, 0) is 4.79 Å². The average molecular weight is 330 g/mol. The van der Waals surface area contributed by atoms with Gasteiger partial charge in [0.25, 0.3) is 5.91 Å². The SMILES string of the molecule is CCN(CC)N(C(=O)c1cccc2ccccc12)C(CO)C(=O)O. The second-order valence-electron chi connectivity index (χ2n) is 5.35. The van der Waals surface area contributed by atoms with E-state index in [1.807, 2.05) is 44.2 Å². The standard InChI is InChI=1S/C18H22N2O4/c1-3-19(4-2)20(16(12-21)18(23)24)17(22)15-11-7-9-13-8-5-6-10-14(13)15/h5-11,16,21H,3-4,12H2,1-2H3,(H,23,24). The lowest BCUT2D eigenvalue weighted by molar-refractivity contribution is -0.151. The van der Waals surface area contributed by atoms with Gasteiger partial charge >= 0.3 is 5.97 Å². The van der Waals surface area contributed by atoms with Gasteiger partial charge < -0.3 is 10.2 Å². The summed E-state index contributed by atoms with van der Waals surface area (Å²) < 4.78 is 0. The highest BCUT2D eigenvalue weighted by atomic mass is 16.4. The van der Waals surface area contributed by atoms with E-state index in [1.54, 1.807) is 17.1 Å². The average Bonchev–Trinajstić information content (AvgIpc) is 2.60. The van der Waals surface area contributed by atoms with Gasteiger partial charge in [0.15, 0.2) is 6.04 Å². The van der Waals surface area contributed by atoms with Crippen LogP contribution in [0.4, 0.5) is 0 Å². The maximum atomic E-state index is 13.1. The number of rotatable bonds is 7. The lowest BCUT2D eigenvalue weighted by atomic mass is 10.0. The predicted molar refractivity (Wildman–Crippen MR) is 91.5 cm³/mol. The highest BCUT2D eigenvalue weighted by molar-refractivity contribution is 6.07. The number of hydrazine groups is 1. The number of nitrogens with zero attached hydrogens (tertiary/aromatic N) is 2. The minimum atomic E-state index is -1.32. The number of carbonyl (C=O) groups is 2. The van der Waals surface area contributed by atoms with E-state index in [0.717, 1.165) is 15.8 Å². The zero-order valence-electron chi connectivity index (χ0n) is 13.8. The molecule has 0 aliphatic rings. The van der Waals surface area contributed by atoms with E-state index in [2.05, 4.69) is 0 Å². The number of hydrogen-bond acceptors (Lipinski definition) is 4. The summed E-state index contributed by atoms with van der Waals surface area (Å²) in [6.07, 6.45) is 0. The molecule has 0 aliphatic carbocycles. The highest BCUT2D eigenvalue weighted by Gasteiger charge is 2.34. The van der Waals surface area contributed by atoms with E-state index in [4.69, 9.17) is 0 Å². The largest absolute Gasteiger partial charge is 0.480 e. The molecule has 1 amide bonds. The first-order chi connectivity index (χ1) is 11.5. The van der Waals surface area contributed by atoms with Crippen molar-refractivity contribution in [1.82, 2.24) is 10.0 Å². The molecule has 6 nitrogen and oxygen atoms in total. The van der Waals surface area contributed by atoms with E-state index in [1.165, 1.54) is 0 Å². The molecule has 1 atom stereocenters. The summed E-state index contributed by atoms with van der Waals surface area (Å²) in [5.74, 6) is -1.67. The van der Waals surface area contributed by atoms with Crippen LogP contribution in [0.15, 0.2) is 42.5 Å². The van der Waals surface area contributed by atoms with Crippen molar-refractivity contribution in [3.63, 3.8) is 0 Å². The fraction of sp³-hybridized carbons (Fsp3) is 0.333. The Morgan fingerprint density at radius 3 is 2.25 bits per heavy atom. The van der Waals surface area contributed by atoms with Gasteiger partial charge in [-0.15, -0.1) is 0 Å². The number of carbonyl (C=O) groups excluding carboxylic acids is 1. The van der Waals surface area contributed by atoms with Gasteiger partial charge in [0.1, 0.15) is 0 Å². The van der Waals surface area contributed by atoms with E-state index < -0.39 is 24.5 Å². The molecular weight excluding hydrogens is 308 g/mol. The van der Waals surface area contributed by atoms with Crippen LogP contribution < -0.4 is 0 Å². The Morgan fingerprint density at radius 1 is 1.04 bits per heavy atom. The lowest BCUT2D eigenvalue weighted by Gasteiger charge is -2.37. The molecule has 0 radical (unpaired) electrons. The number of aliphatic hydroxyl groups excluding tert-OH is 1. The molecule has 24 heavy (non-hydrogen) atoms. The molecular formula is C18H22N2O4. The summed E-state index contributed by atoms with van der Waals surface area (Å²) in [6.45, 7) is 3.93. The summed E-state index contributed by atoms with van der Waals surface area (Å²) in [4.78, 5) is 24.7. The summed E-state index contributed by atoms with van der Waals surface area (Å²) in [6, 6.07) is 11.5. The zero-order valence-corrected chi connectivity index (χ0v) is 13.8. The minimum Gasteiger partial charge on any atom is -0.480 e. The molecule has 0 spiro atoms. The van der Waals surface area contributed by atoms with Crippen LogP contribution in [0.25, 0.3) is 10.8 Å². The molecule has 0 saturated heterocycles. The third-order valence-electron chi connectivity index (χ3n) is 4.02. The molecule has 128 valence electrons. The molecule has 0 fully saturated rings. The molecule has 0 aliphatic heterocycles. The quantitative estimate of drug-likeness (QED) is 0.759. The monoisotopic (exact) mass is 330 g/mol. The van der Waals surface area contributed by atoms with Crippen molar-refractivity contribution in [3.8, 4) is 0 Å². The fourth-order valence-corrected chi connectivity index (χ4v) is 2.79. The molecule has 0 bridgehead atoms. The zero-order chi connectivity index (χ0) is 17.7. The smallest absolute Gasteiger partial charge is 0.330 e. The number of amides is 1. The van der Waals surface area contributed by atoms with Crippen LogP contribution >= 0.6 is 0 Å². The Labute approximate surface area is 140 Å². The minimum absolute atomic E-state index is 0.416. The van der Waals surface area contributed by atoms with Crippen LogP contribution in [0, 0.1) is 0 Å². The van der Waals surface area contributed by atoms with Crippen LogP contribution in [0.5, 0.6) is 0 Å². The van der Waals surface area contributed by atoms with Gasteiger partial charge in [-0.1, -0.05) is 50.2 Å². The molecule has 1 unspecified atom stereocenters. The maximum absolute atomic E-state index is 13.1. The number of aliphatic hydroxyl groups is 1. The van der Waals surface area contributed by atoms with Gasteiger partial charge in [0.2, 0.25) is 0 Å². The van der Waals surface area contributed by atoms with Crippen molar-refractivity contribution in [3.05, 3.63) is 48.0 Å². The second-order valence-corrected chi connectivity index (χ2v) is 5.35. The normalized spacial score (nSPS) is 12.3. The number of carboxylic acids is 1. The van der Waals surface area contributed by atoms with Crippen LogP contribution in [-0.4, -0.2) is 57.8 Å². The Balaban J connectivity index is 2.56. The van der Waals surface area contributed by atoms with Gasteiger partial charge in [0.05, 0.1) is 6.61 Å². The van der Waals surface area contributed by atoms with Crippen molar-refractivity contribution in [2.24, 2.45) is 0 Å². The van der Waals surface area contributed by atoms with Gasteiger partial charge in [-0.2, -0.15) is 0 Å². The van der Waals surface area contributed by atoms with Crippen molar-refractivity contribution in [2.75, 3.05) is 19.7 Å². The molecule has 2 aromatic rings. The fourth-order valence-electron chi connectivity index (χ4n) is 2.79. The molecule has 2 aromatic carbocycles. The van der Waals surface area contributed by atoms with Crippen LogP contribution in [0.2, 0.25) is 0 Å². The van der Waals surface area contributed by atoms with Crippen LogP contribution in [0.3, 0.4) is 0 Å². The van der Waals surface area contributed by atoms with E-state index in [-0.39, 0.29) is 0 Å². The Kier molecular flexibility index (Phi) is 5.89. The highest BCUT2D eigenvalue weighted by Crippen LogP contribution is 2.22. The first kappa shape index (κ1) is 17.9.